The highest BCUT2D eigenvalue weighted by Gasteiger charge is 2.39. The van der Waals surface area contributed by atoms with E-state index in [2.05, 4.69) is 10.00 Å². The van der Waals surface area contributed by atoms with Gasteiger partial charge in [0.25, 0.3) is 0 Å². The summed E-state index contributed by atoms with van der Waals surface area (Å²) in [7, 11) is 1.97. The molecule has 0 spiro atoms. The minimum atomic E-state index is -0.449. The molecule has 2 saturated heterocycles. The molecule has 4 nitrogen and oxygen atoms in total. The molecule has 1 aromatic rings. The highest BCUT2D eigenvalue weighted by Crippen LogP contribution is 2.35. The monoisotopic (exact) mass is 249 g/mol. The number of aliphatic hydroxyl groups is 1. The fraction of sp³-hybridized carbons (Fsp3) is 0.786. The summed E-state index contributed by atoms with van der Waals surface area (Å²) in [5, 5.41) is 14.9. The molecule has 3 heterocycles. The van der Waals surface area contributed by atoms with E-state index in [9.17, 15) is 5.11 Å². The smallest absolute Gasteiger partial charge is 0.0678 e. The van der Waals surface area contributed by atoms with Crippen LogP contribution in [0.5, 0.6) is 0 Å². The van der Waals surface area contributed by atoms with Gasteiger partial charge in [0.1, 0.15) is 0 Å². The molecule has 2 aliphatic rings. The van der Waals surface area contributed by atoms with Gasteiger partial charge in [-0.1, -0.05) is 0 Å². The van der Waals surface area contributed by atoms with Crippen LogP contribution >= 0.6 is 0 Å². The van der Waals surface area contributed by atoms with Gasteiger partial charge in [0, 0.05) is 31.5 Å². The molecular formula is C14H23N3O. The van der Waals surface area contributed by atoms with E-state index in [0.29, 0.717) is 6.04 Å². The predicted molar refractivity (Wildman–Crippen MR) is 70.3 cm³/mol. The fourth-order valence-electron chi connectivity index (χ4n) is 3.55. The number of rotatable bonds is 3. The topological polar surface area (TPSA) is 41.3 Å². The van der Waals surface area contributed by atoms with Crippen molar-refractivity contribution in [1.82, 2.24) is 14.7 Å². The van der Waals surface area contributed by atoms with E-state index in [1.807, 2.05) is 24.0 Å². The number of hydrogen-bond acceptors (Lipinski definition) is 3. The molecule has 2 aliphatic heterocycles. The first kappa shape index (κ1) is 12.2. The van der Waals surface area contributed by atoms with Crippen molar-refractivity contribution in [2.75, 3.05) is 13.1 Å². The van der Waals surface area contributed by atoms with Crippen LogP contribution in [0.25, 0.3) is 0 Å². The summed E-state index contributed by atoms with van der Waals surface area (Å²) in [5.41, 5.74) is 0.771. The summed E-state index contributed by atoms with van der Waals surface area (Å²) < 4.78 is 1.91. The zero-order valence-corrected chi connectivity index (χ0v) is 11.2. The third-order valence-corrected chi connectivity index (χ3v) is 4.75. The molecule has 0 radical (unpaired) electrons. The van der Waals surface area contributed by atoms with Gasteiger partial charge in [-0.25, -0.2) is 0 Å². The second-order valence-electron chi connectivity index (χ2n) is 5.96. The number of fused-ring (bicyclic) bond motifs is 1. The van der Waals surface area contributed by atoms with Gasteiger partial charge in [0.15, 0.2) is 0 Å². The fourth-order valence-corrected chi connectivity index (χ4v) is 3.55. The minimum absolute atomic E-state index is 0.449. The second-order valence-corrected chi connectivity index (χ2v) is 5.96. The molecule has 100 valence electrons. The Balaban J connectivity index is 1.60. The molecule has 3 rings (SSSR count). The number of nitrogens with zero attached hydrogens (tertiary/aromatic N) is 3. The molecule has 2 fully saturated rings. The molecule has 2 unspecified atom stereocenters. The van der Waals surface area contributed by atoms with Crippen LogP contribution in [0.15, 0.2) is 12.3 Å². The Morgan fingerprint density at radius 3 is 3.17 bits per heavy atom. The van der Waals surface area contributed by atoms with Crippen molar-refractivity contribution in [3.63, 3.8) is 0 Å². The molecule has 4 heteroatoms. The van der Waals surface area contributed by atoms with Crippen LogP contribution in [0.3, 0.4) is 0 Å². The summed E-state index contributed by atoms with van der Waals surface area (Å²) >= 11 is 0. The average Bonchev–Trinajstić information content (AvgIpc) is 2.95. The van der Waals surface area contributed by atoms with Crippen molar-refractivity contribution in [3.8, 4) is 0 Å². The Bertz CT molecular complexity index is 417. The molecule has 0 amide bonds. The lowest BCUT2D eigenvalue weighted by atomic mass is 9.83. The van der Waals surface area contributed by atoms with Crippen molar-refractivity contribution in [1.29, 1.82) is 0 Å². The van der Waals surface area contributed by atoms with Crippen LogP contribution in [0.2, 0.25) is 0 Å². The molecule has 1 N–H and O–H groups in total. The van der Waals surface area contributed by atoms with Gasteiger partial charge >= 0.3 is 0 Å². The lowest BCUT2D eigenvalue weighted by Gasteiger charge is -2.41. The molecule has 1 aromatic heterocycles. The van der Waals surface area contributed by atoms with Crippen molar-refractivity contribution in [3.05, 3.63) is 18.0 Å². The third-order valence-electron chi connectivity index (χ3n) is 4.75. The number of piperidine rings is 1. The Labute approximate surface area is 109 Å². The van der Waals surface area contributed by atoms with Crippen LogP contribution < -0.4 is 0 Å². The Morgan fingerprint density at radius 2 is 2.39 bits per heavy atom. The standard InChI is InChI=1S/C14H23N3O/c1-16-12(5-8-15-16)4-6-14(18)7-10-17-9-2-3-13(17)11-14/h5,8,13,18H,2-4,6-7,9-11H2,1H3. The van der Waals surface area contributed by atoms with Gasteiger partial charge in [-0.05, 0) is 51.1 Å². The van der Waals surface area contributed by atoms with E-state index < -0.39 is 5.60 Å². The lowest BCUT2D eigenvalue weighted by Crippen LogP contribution is -2.47. The average molecular weight is 249 g/mol. The summed E-state index contributed by atoms with van der Waals surface area (Å²) in [6.45, 7) is 2.31. The highest BCUT2D eigenvalue weighted by molar-refractivity contribution is 5.03. The summed E-state index contributed by atoms with van der Waals surface area (Å²) in [4.78, 5) is 2.55. The number of aromatic nitrogens is 2. The number of hydrogen-bond donors (Lipinski definition) is 1. The van der Waals surface area contributed by atoms with Crippen LogP contribution in [-0.2, 0) is 13.5 Å². The highest BCUT2D eigenvalue weighted by atomic mass is 16.3. The van der Waals surface area contributed by atoms with Crippen molar-refractivity contribution in [2.24, 2.45) is 7.05 Å². The predicted octanol–water partition coefficient (Wildman–Crippen LogP) is 1.34. The molecule has 0 saturated carbocycles. The van der Waals surface area contributed by atoms with Crippen LogP contribution in [0.1, 0.15) is 37.8 Å². The lowest BCUT2D eigenvalue weighted by molar-refractivity contribution is -0.0418. The van der Waals surface area contributed by atoms with Crippen molar-refractivity contribution < 1.29 is 5.11 Å². The summed E-state index contributed by atoms with van der Waals surface area (Å²) in [5.74, 6) is 0. The first-order chi connectivity index (χ1) is 8.66. The second kappa shape index (κ2) is 4.67. The van der Waals surface area contributed by atoms with E-state index in [0.717, 1.165) is 32.2 Å². The van der Waals surface area contributed by atoms with Crippen LogP contribution in [0, 0.1) is 0 Å². The van der Waals surface area contributed by atoms with Gasteiger partial charge in [0.2, 0.25) is 0 Å². The summed E-state index contributed by atoms with van der Waals surface area (Å²) in [6, 6.07) is 2.68. The zero-order valence-electron chi connectivity index (χ0n) is 11.2. The van der Waals surface area contributed by atoms with E-state index in [4.69, 9.17) is 0 Å². The molecule has 0 aromatic carbocycles. The third kappa shape index (κ3) is 2.31. The number of aryl methyl sites for hydroxylation is 2. The Morgan fingerprint density at radius 1 is 1.50 bits per heavy atom. The summed E-state index contributed by atoms with van der Waals surface area (Å²) in [6.07, 6.45) is 8.11. The van der Waals surface area contributed by atoms with Gasteiger partial charge < -0.3 is 10.0 Å². The molecule has 2 atom stereocenters. The van der Waals surface area contributed by atoms with Crippen LogP contribution in [-0.4, -0.2) is 44.5 Å². The molecular weight excluding hydrogens is 226 g/mol. The SMILES string of the molecule is Cn1nccc1CCC1(O)CCN2CCCC2C1. The van der Waals surface area contributed by atoms with E-state index in [1.165, 1.54) is 25.1 Å². The first-order valence-electron chi connectivity index (χ1n) is 7.10. The largest absolute Gasteiger partial charge is 0.390 e. The first-order valence-corrected chi connectivity index (χ1v) is 7.10. The van der Waals surface area contributed by atoms with E-state index >= 15 is 0 Å². The minimum Gasteiger partial charge on any atom is -0.390 e. The Kier molecular flexibility index (Phi) is 3.16. The van der Waals surface area contributed by atoms with Gasteiger partial charge in [-0.3, -0.25) is 4.68 Å². The quantitative estimate of drug-likeness (QED) is 0.879. The maximum absolute atomic E-state index is 10.8. The van der Waals surface area contributed by atoms with Gasteiger partial charge in [-0.15, -0.1) is 0 Å². The van der Waals surface area contributed by atoms with Gasteiger partial charge in [-0.2, -0.15) is 5.10 Å². The van der Waals surface area contributed by atoms with E-state index in [1.54, 1.807) is 0 Å². The van der Waals surface area contributed by atoms with Crippen molar-refractivity contribution >= 4 is 0 Å². The zero-order chi connectivity index (χ0) is 12.6. The maximum Gasteiger partial charge on any atom is 0.0678 e. The Hall–Kier alpha value is -0.870. The molecule has 0 bridgehead atoms. The normalized spacial score (nSPS) is 32.7. The molecule has 0 aliphatic carbocycles. The van der Waals surface area contributed by atoms with Gasteiger partial charge in [0.05, 0.1) is 5.60 Å². The molecule has 18 heavy (non-hydrogen) atoms. The van der Waals surface area contributed by atoms with Crippen molar-refractivity contribution in [2.45, 2.75) is 50.2 Å². The van der Waals surface area contributed by atoms with Crippen LogP contribution in [0.4, 0.5) is 0 Å². The van der Waals surface area contributed by atoms with E-state index in [-0.39, 0.29) is 0 Å². The maximum atomic E-state index is 10.8.